The number of hydrogen-bond donors (Lipinski definition) is 1. The normalized spacial score (nSPS) is 10.9. The van der Waals surface area contributed by atoms with Crippen LogP contribution < -0.4 is 5.32 Å². The molecule has 0 spiro atoms. The number of carbonyl (C=O) groups excluding carboxylic acids is 1. The summed E-state index contributed by atoms with van der Waals surface area (Å²) in [6.07, 6.45) is 3.56. The van der Waals surface area contributed by atoms with Crippen molar-refractivity contribution >= 4 is 29.1 Å². The Labute approximate surface area is 159 Å². The Morgan fingerprint density at radius 2 is 1.96 bits per heavy atom. The molecule has 0 saturated heterocycles. The van der Waals surface area contributed by atoms with Gasteiger partial charge in [0.05, 0.1) is 12.1 Å². The van der Waals surface area contributed by atoms with E-state index in [0.717, 1.165) is 5.56 Å². The third kappa shape index (κ3) is 3.66. The number of nitrogens with one attached hydrogen (secondary N) is 1. The van der Waals surface area contributed by atoms with Gasteiger partial charge in [-0.2, -0.15) is 4.98 Å². The summed E-state index contributed by atoms with van der Waals surface area (Å²) in [5.41, 5.74) is 2.20. The van der Waals surface area contributed by atoms with Crippen molar-refractivity contribution < 1.29 is 9.18 Å². The van der Waals surface area contributed by atoms with E-state index in [-0.39, 0.29) is 18.1 Å². The van der Waals surface area contributed by atoms with E-state index in [1.807, 2.05) is 18.3 Å². The molecule has 0 saturated carbocycles. The van der Waals surface area contributed by atoms with Crippen LogP contribution in [-0.2, 0) is 11.2 Å². The van der Waals surface area contributed by atoms with Crippen LogP contribution in [0.1, 0.15) is 5.56 Å². The standard InChI is InChI=1S/C20H14ClFN4O/c21-15-4-1-3-14(12-15)18-19(25-20-23-9-2-10-26(18)20)24-17(27)11-13-5-7-16(22)8-6-13/h1-10,12H,11H2,(H,24,27). The Morgan fingerprint density at radius 1 is 1.15 bits per heavy atom. The Morgan fingerprint density at radius 3 is 2.74 bits per heavy atom. The highest BCUT2D eigenvalue weighted by Crippen LogP contribution is 2.30. The quantitative estimate of drug-likeness (QED) is 0.572. The van der Waals surface area contributed by atoms with E-state index in [2.05, 4.69) is 15.3 Å². The topological polar surface area (TPSA) is 59.3 Å². The molecule has 2 aromatic heterocycles. The molecule has 0 aliphatic carbocycles. The first kappa shape index (κ1) is 17.2. The predicted molar refractivity (Wildman–Crippen MR) is 102 cm³/mol. The van der Waals surface area contributed by atoms with Gasteiger partial charge in [0.1, 0.15) is 5.82 Å². The number of aromatic nitrogens is 3. The molecule has 134 valence electrons. The number of benzene rings is 2. The van der Waals surface area contributed by atoms with Crippen LogP contribution in [-0.4, -0.2) is 20.3 Å². The zero-order valence-electron chi connectivity index (χ0n) is 14.1. The van der Waals surface area contributed by atoms with E-state index in [0.29, 0.717) is 27.9 Å². The molecule has 1 N–H and O–H groups in total. The van der Waals surface area contributed by atoms with Crippen molar-refractivity contribution in [1.82, 2.24) is 14.4 Å². The number of rotatable bonds is 4. The van der Waals surface area contributed by atoms with Crippen LogP contribution in [0.4, 0.5) is 10.2 Å². The molecule has 2 aromatic carbocycles. The highest BCUT2D eigenvalue weighted by Gasteiger charge is 2.17. The van der Waals surface area contributed by atoms with Gasteiger partial charge in [0.2, 0.25) is 11.7 Å². The Kier molecular flexibility index (Phi) is 4.56. The van der Waals surface area contributed by atoms with Crippen molar-refractivity contribution in [2.24, 2.45) is 0 Å². The minimum atomic E-state index is -0.339. The van der Waals surface area contributed by atoms with Gasteiger partial charge in [0.15, 0.2) is 5.82 Å². The van der Waals surface area contributed by atoms with Crippen LogP contribution in [0.25, 0.3) is 17.0 Å². The van der Waals surface area contributed by atoms with Crippen LogP contribution >= 0.6 is 11.6 Å². The lowest BCUT2D eigenvalue weighted by Crippen LogP contribution is -2.15. The van der Waals surface area contributed by atoms with Gasteiger partial charge in [-0.05, 0) is 35.9 Å². The summed E-state index contributed by atoms with van der Waals surface area (Å²) < 4.78 is 14.8. The van der Waals surface area contributed by atoms with Gasteiger partial charge < -0.3 is 5.32 Å². The van der Waals surface area contributed by atoms with Crippen molar-refractivity contribution in [3.63, 3.8) is 0 Å². The first-order valence-corrected chi connectivity index (χ1v) is 8.61. The van der Waals surface area contributed by atoms with E-state index >= 15 is 0 Å². The first-order chi connectivity index (χ1) is 13.1. The molecule has 4 aromatic rings. The molecule has 2 heterocycles. The first-order valence-electron chi connectivity index (χ1n) is 8.23. The van der Waals surface area contributed by atoms with Gasteiger partial charge >= 0.3 is 0 Å². The van der Waals surface area contributed by atoms with Crippen molar-refractivity contribution in [3.05, 3.63) is 83.4 Å². The summed E-state index contributed by atoms with van der Waals surface area (Å²) in [6.45, 7) is 0. The third-order valence-electron chi connectivity index (χ3n) is 4.04. The fraction of sp³-hybridized carbons (Fsp3) is 0.0500. The number of carbonyl (C=O) groups is 1. The largest absolute Gasteiger partial charge is 0.309 e. The maximum absolute atomic E-state index is 13.0. The Hall–Kier alpha value is -3.25. The maximum Gasteiger partial charge on any atom is 0.236 e. The summed E-state index contributed by atoms with van der Waals surface area (Å²) in [5.74, 6) is 0.259. The number of imidazole rings is 1. The molecule has 1 amide bonds. The number of amides is 1. The molecule has 7 heteroatoms. The van der Waals surface area contributed by atoms with E-state index in [1.54, 1.807) is 40.9 Å². The van der Waals surface area contributed by atoms with Crippen molar-refractivity contribution in [3.8, 4) is 11.3 Å². The van der Waals surface area contributed by atoms with Crippen LogP contribution in [0.3, 0.4) is 0 Å². The SMILES string of the molecule is O=C(Cc1ccc(F)cc1)Nc1nc2ncccn2c1-c1cccc(Cl)c1. The maximum atomic E-state index is 13.0. The molecule has 5 nitrogen and oxygen atoms in total. The number of nitrogens with zero attached hydrogens (tertiary/aromatic N) is 3. The number of hydrogen-bond acceptors (Lipinski definition) is 3. The lowest BCUT2D eigenvalue weighted by atomic mass is 10.1. The smallest absolute Gasteiger partial charge is 0.236 e. The highest BCUT2D eigenvalue weighted by molar-refractivity contribution is 6.30. The molecule has 0 unspecified atom stereocenters. The van der Waals surface area contributed by atoms with Crippen LogP contribution in [0.2, 0.25) is 5.02 Å². The lowest BCUT2D eigenvalue weighted by Gasteiger charge is -2.07. The fourth-order valence-electron chi connectivity index (χ4n) is 2.85. The molecule has 0 radical (unpaired) electrons. The van der Waals surface area contributed by atoms with Crippen molar-refractivity contribution in [1.29, 1.82) is 0 Å². The number of anilines is 1. The van der Waals surface area contributed by atoms with Crippen molar-refractivity contribution in [2.75, 3.05) is 5.32 Å². The van der Waals surface area contributed by atoms with Crippen LogP contribution in [0.15, 0.2) is 67.0 Å². The molecular formula is C20H14ClFN4O. The van der Waals surface area contributed by atoms with E-state index < -0.39 is 0 Å². The number of halogens is 2. The summed E-state index contributed by atoms with van der Waals surface area (Å²) in [7, 11) is 0. The molecule has 0 aliphatic rings. The monoisotopic (exact) mass is 380 g/mol. The van der Waals surface area contributed by atoms with Crippen LogP contribution in [0, 0.1) is 5.82 Å². The average molecular weight is 381 g/mol. The second kappa shape index (κ2) is 7.17. The summed E-state index contributed by atoms with van der Waals surface area (Å²) in [6, 6.07) is 14.9. The van der Waals surface area contributed by atoms with E-state index in [4.69, 9.17) is 11.6 Å². The minimum absolute atomic E-state index is 0.108. The zero-order chi connectivity index (χ0) is 18.8. The summed E-state index contributed by atoms with van der Waals surface area (Å²) >= 11 is 6.13. The molecule has 4 rings (SSSR count). The fourth-order valence-corrected chi connectivity index (χ4v) is 3.04. The molecule has 0 atom stereocenters. The lowest BCUT2D eigenvalue weighted by molar-refractivity contribution is -0.115. The van der Waals surface area contributed by atoms with E-state index in [1.165, 1.54) is 12.1 Å². The molecule has 0 aliphatic heterocycles. The van der Waals surface area contributed by atoms with E-state index in [9.17, 15) is 9.18 Å². The molecule has 0 fully saturated rings. The summed E-state index contributed by atoms with van der Waals surface area (Å²) in [5, 5.41) is 3.41. The van der Waals surface area contributed by atoms with Gasteiger partial charge in [0.25, 0.3) is 0 Å². The molecule has 0 bridgehead atoms. The van der Waals surface area contributed by atoms with Gasteiger partial charge in [-0.1, -0.05) is 35.9 Å². The van der Waals surface area contributed by atoms with Crippen LogP contribution in [0.5, 0.6) is 0 Å². The van der Waals surface area contributed by atoms with Gasteiger partial charge in [0, 0.05) is 23.0 Å². The molecular weight excluding hydrogens is 367 g/mol. The number of fused-ring (bicyclic) bond motifs is 1. The van der Waals surface area contributed by atoms with Gasteiger partial charge in [-0.25, -0.2) is 9.37 Å². The third-order valence-corrected chi connectivity index (χ3v) is 4.27. The minimum Gasteiger partial charge on any atom is -0.309 e. The average Bonchev–Trinajstić information content (AvgIpc) is 3.01. The Balaban J connectivity index is 1.69. The second-order valence-corrected chi connectivity index (χ2v) is 6.40. The zero-order valence-corrected chi connectivity index (χ0v) is 14.8. The van der Waals surface area contributed by atoms with Crippen molar-refractivity contribution in [2.45, 2.75) is 6.42 Å². The predicted octanol–water partition coefficient (Wildman–Crippen LogP) is 4.37. The van der Waals surface area contributed by atoms with Gasteiger partial charge in [-0.15, -0.1) is 0 Å². The Bertz CT molecular complexity index is 1120. The summed E-state index contributed by atoms with van der Waals surface area (Å²) in [4.78, 5) is 21.2. The van der Waals surface area contributed by atoms with Gasteiger partial charge in [-0.3, -0.25) is 9.20 Å². The molecule has 27 heavy (non-hydrogen) atoms. The highest BCUT2D eigenvalue weighted by atomic mass is 35.5. The second-order valence-electron chi connectivity index (χ2n) is 5.96.